The second kappa shape index (κ2) is 18.0. The Kier molecular flexibility index (Phi) is 14.9. The Morgan fingerprint density at radius 1 is 0.591 bits per heavy atom. The van der Waals surface area contributed by atoms with Gasteiger partial charge in [-0.25, -0.2) is 19.2 Å². The van der Waals surface area contributed by atoms with E-state index in [-0.39, 0.29) is 26.4 Å². The number of esters is 2. The van der Waals surface area contributed by atoms with Gasteiger partial charge in [0, 0.05) is 16.1 Å². The van der Waals surface area contributed by atoms with Crippen molar-refractivity contribution in [3.63, 3.8) is 0 Å². The largest absolute Gasteiger partial charge is 0.464 e. The first-order valence-corrected chi connectivity index (χ1v) is 22.1. The Bertz CT molecular complexity index is 1130. The summed E-state index contributed by atoms with van der Waals surface area (Å²) in [5.74, 6) is -1.46. The van der Waals surface area contributed by atoms with Gasteiger partial charge in [-0.1, -0.05) is 112 Å². The average Bonchev–Trinajstić information content (AvgIpc) is 2.96. The van der Waals surface area contributed by atoms with Crippen molar-refractivity contribution in [2.75, 3.05) is 13.2 Å². The average molecular weight is 643 g/mol. The van der Waals surface area contributed by atoms with E-state index < -0.39 is 52.4 Å². The van der Waals surface area contributed by atoms with Crippen LogP contribution in [0.5, 0.6) is 0 Å². The number of alkyl carbamates (subject to hydrolysis) is 2. The van der Waals surface area contributed by atoms with Gasteiger partial charge < -0.3 is 29.6 Å². The molecule has 0 unspecified atom stereocenters. The standard InChI is InChI=1S/C32H46N2O8Si2/c1-43(2,3)21-19-39-29(35)27(33-31(37)41-23-25-13-9-7-10-14-25)17-18-28(30(36)40-20-22-44(4,5)6)34-32(38)42-24-26-15-11-8-12-16-26/h7-18,27-28H,19-24H2,1-6H3,(H,33,37)(H,34,38)/t27-,28-/m0/s1. The van der Waals surface area contributed by atoms with E-state index in [0.29, 0.717) is 0 Å². The van der Waals surface area contributed by atoms with Crippen LogP contribution in [0.1, 0.15) is 11.1 Å². The first-order chi connectivity index (χ1) is 20.7. The Hall–Kier alpha value is -3.91. The number of nitrogens with one attached hydrogen (secondary N) is 2. The molecule has 0 saturated carbocycles. The number of hydrogen-bond acceptors (Lipinski definition) is 8. The molecule has 0 saturated heterocycles. The Morgan fingerprint density at radius 2 is 0.932 bits per heavy atom. The number of carbonyl (C=O) groups is 4. The van der Waals surface area contributed by atoms with Crippen LogP contribution in [0.4, 0.5) is 9.59 Å². The van der Waals surface area contributed by atoms with E-state index in [2.05, 4.69) is 49.9 Å². The summed E-state index contributed by atoms with van der Waals surface area (Å²) in [6, 6.07) is 17.0. The van der Waals surface area contributed by atoms with Crippen molar-refractivity contribution in [3.8, 4) is 0 Å². The van der Waals surface area contributed by atoms with Crippen molar-refractivity contribution in [1.29, 1.82) is 0 Å². The third-order valence-electron chi connectivity index (χ3n) is 6.17. The van der Waals surface area contributed by atoms with Gasteiger partial charge in [-0.2, -0.15) is 0 Å². The van der Waals surface area contributed by atoms with Crippen molar-refractivity contribution in [1.82, 2.24) is 10.6 Å². The summed E-state index contributed by atoms with van der Waals surface area (Å²) < 4.78 is 21.5. The second-order valence-corrected chi connectivity index (χ2v) is 24.0. The molecular weight excluding hydrogens is 597 g/mol. The molecule has 2 aromatic rings. The minimum atomic E-state index is -1.50. The highest BCUT2D eigenvalue weighted by Gasteiger charge is 2.26. The fourth-order valence-corrected chi connectivity index (χ4v) is 4.90. The molecule has 0 spiro atoms. The van der Waals surface area contributed by atoms with Crippen LogP contribution in [0, 0.1) is 0 Å². The third kappa shape index (κ3) is 16.1. The third-order valence-corrected chi connectivity index (χ3v) is 9.58. The molecule has 240 valence electrons. The second-order valence-electron chi connectivity index (χ2n) is 12.7. The molecule has 0 fully saturated rings. The molecule has 44 heavy (non-hydrogen) atoms. The van der Waals surface area contributed by atoms with Crippen LogP contribution < -0.4 is 10.6 Å². The minimum Gasteiger partial charge on any atom is -0.464 e. The van der Waals surface area contributed by atoms with Crippen molar-refractivity contribution < 1.29 is 38.1 Å². The minimum absolute atomic E-state index is 0.00533. The van der Waals surface area contributed by atoms with Crippen molar-refractivity contribution in [3.05, 3.63) is 83.9 Å². The van der Waals surface area contributed by atoms with Crippen LogP contribution in [-0.2, 0) is 41.8 Å². The van der Waals surface area contributed by atoms with Gasteiger partial charge >= 0.3 is 24.1 Å². The normalized spacial score (nSPS) is 13.0. The molecule has 2 rings (SSSR count). The molecule has 0 aliphatic heterocycles. The summed E-state index contributed by atoms with van der Waals surface area (Å²) >= 11 is 0. The van der Waals surface area contributed by atoms with Gasteiger partial charge in [0.1, 0.15) is 25.3 Å². The zero-order valence-electron chi connectivity index (χ0n) is 26.6. The fourth-order valence-electron chi connectivity index (χ4n) is 3.47. The van der Waals surface area contributed by atoms with Crippen molar-refractivity contribution in [2.45, 2.75) is 76.7 Å². The quantitative estimate of drug-likeness (QED) is 0.100. The fraction of sp³-hybridized carbons (Fsp3) is 0.438. The van der Waals surface area contributed by atoms with Crippen LogP contribution in [-0.4, -0.2) is 65.6 Å². The van der Waals surface area contributed by atoms with Gasteiger partial charge in [-0.15, -0.1) is 0 Å². The monoisotopic (exact) mass is 642 g/mol. The van der Waals surface area contributed by atoms with Gasteiger partial charge in [0.15, 0.2) is 0 Å². The topological polar surface area (TPSA) is 129 Å². The van der Waals surface area contributed by atoms with E-state index in [1.54, 1.807) is 24.3 Å². The van der Waals surface area contributed by atoms with Crippen LogP contribution in [0.15, 0.2) is 72.8 Å². The zero-order valence-corrected chi connectivity index (χ0v) is 28.6. The molecule has 2 aromatic carbocycles. The lowest BCUT2D eigenvalue weighted by molar-refractivity contribution is -0.145. The van der Waals surface area contributed by atoms with Gasteiger partial charge in [0.2, 0.25) is 0 Å². The molecule has 0 radical (unpaired) electrons. The Labute approximate surface area is 262 Å². The summed E-state index contributed by atoms with van der Waals surface area (Å²) in [4.78, 5) is 51.3. The van der Waals surface area contributed by atoms with E-state index in [9.17, 15) is 19.2 Å². The molecule has 0 bridgehead atoms. The van der Waals surface area contributed by atoms with Crippen LogP contribution in [0.3, 0.4) is 0 Å². The number of carbonyl (C=O) groups excluding carboxylic acids is 4. The van der Waals surface area contributed by atoms with Gasteiger partial charge in [-0.05, 0) is 23.2 Å². The SMILES string of the molecule is C[Si](C)(C)CCOC(=O)[C@H](C=C[C@H](NC(=O)OCc1ccccc1)C(=O)OCC[Si](C)(C)C)NC(=O)OCc1ccccc1. The summed E-state index contributed by atoms with van der Waals surface area (Å²) in [6.07, 6.45) is 0.857. The molecule has 2 amide bonds. The van der Waals surface area contributed by atoms with Crippen molar-refractivity contribution >= 4 is 40.3 Å². The lowest BCUT2D eigenvalue weighted by Crippen LogP contribution is -2.44. The highest BCUT2D eigenvalue weighted by Crippen LogP contribution is 2.10. The number of amides is 2. The molecule has 12 heteroatoms. The molecule has 0 aliphatic carbocycles. The first kappa shape index (κ1) is 36.3. The van der Waals surface area contributed by atoms with Gasteiger partial charge in [0.25, 0.3) is 0 Å². The summed E-state index contributed by atoms with van der Waals surface area (Å²) in [5.41, 5.74) is 1.54. The van der Waals surface area contributed by atoms with E-state index in [1.807, 2.05) is 36.4 Å². The van der Waals surface area contributed by atoms with Crippen LogP contribution in [0.25, 0.3) is 0 Å². The number of rotatable bonds is 16. The van der Waals surface area contributed by atoms with Gasteiger partial charge in [0.05, 0.1) is 13.2 Å². The van der Waals surface area contributed by atoms with Crippen LogP contribution >= 0.6 is 0 Å². The van der Waals surface area contributed by atoms with Gasteiger partial charge in [-0.3, -0.25) is 0 Å². The first-order valence-electron chi connectivity index (χ1n) is 14.7. The van der Waals surface area contributed by atoms with E-state index in [1.165, 1.54) is 12.2 Å². The number of benzene rings is 2. The summed E-state index contributed by atoms with van der Waals surface area (Å²) in [7, 11) is -2.99. The maximum absolute atomic E-state index is 13.0. The maximum atomic E-state index is 13.0. The highest BCUT2D eigenvalue weighted by atomic mass is 28.3. The molecule has 0 heterocycles. The smallest absolute Gasteiger partial charge is 0.408 e. The summed E-state index contributed by atoms with van der Waals surface area (Å²) in [6.45, 7) is 13.3. The van der Waals surface area contributed by atoms with Crippen molar-refractivity contribution in [2.24, 2.45) is 0 Å². The number of hydrogen-bond donors (Lipinski definition) is 2. The predicted molar refractivity (Wildman–Crippen MR) is 174 cm³/mol. The Balaban J connectivity index is 2.17. The number of ether oxygens (including phenoxy) is 4. The molecule has 10 nitrogen and oxygen atoms in total. The maximum Gasteiger partial charge on any atom is 0.408 e. The molecule has 2 atom stereocenters. The van der Waals surface area contributed by atoms with Crippen LogP contribution in [0.2, 0.25) is 51.4 Å². The molecular formula is C32H46N2O8Si2. The van der Waals surface area contributed by atoms with E-state index in [0.717, 1.165) is 23.2 Å². The van der Waals surface area contributed by atoms with E-state index >= 15 is 0 Å². The Morgan fingerprint density at radius 3 is 1.25 bits per heavy atom. The molecule has 0 aromatic heterocycles. The summed E-state index contributed by atoms with van der Waals surface area (Å²) in [5, 5.41) is 4.98. The lowest BCUT2D eigenvalue weighted by Gasteiger charge is -2.20. The lowest BCUT2D eigenvalue weighted by atomic mass is 10.2. The predicted octanol–water partition coefficient (Wildman–Crippen LogP) is 5.90. The molecule has 2 N–H and O–H groups in total. The van der Waals surface area contributed by atoms with E-state index in [4.69, 9.17) is 18.9 Å². The highest BCUT2D eigenvalue weighted by molar-refractivity contribution is 6.76. The zero-order chi connectivity index (χ0) is 32.6. The molecule has 0 aliphatic rings.